The molecule has 1 aromatic carbocycles. The standard InChI is InChI=1S/C17H13F6N5O2/c1-7(16(18,19)20)29-12-4-3-9(5-11(12)17(21,22)23)15-27-14(28-30-15)10-6-25-8(2)26-13(10)24/h3-7H,1-2H3,(H2,24,25,26)/t7-/m1/s1. The van der Waals surface area contributed by atoms with Crippen molar-refractivity contribution in [1.82, 2.24) is 20.1 Å². The van der Waals surface area contributed by atoms with Gasteiger partial charge in [0.15, 0.2) is 6.10 Å². The predicted octanol–water partition coefficient (Wildman–Crippen LogP) is 4.43. The normalized spacial score (nSPS) is 13.3. The molecular formula is C17H13F6N5O2. The van der Waals surface area contributed by atoms with Gasteiger partial charge in [0.1, 0.15) is 17.4 Å². The van der Waals surface area contributed by atoms with Gasteiger partial charge < -0.3 is 15.0 Å². The molecule has 30 heavy (non-hydrogen) atoms. The number of benzene rings is 1. The van der Waals surface area contributed by atoms with Crippen LogP contribution in [0.2, 0.25) is 0 Å². The number of halogens is 6. The number of nitrogens with zero attached hydrogens (tertiary/aromatic N) is 4. The molecule has 2 aromatic heterocycles. The minimum absolute atomic E-state index is 0.0377. The lowest BCUT2D eigenvalue weighted by molar-refractivity contribution is -0.191. The Bertz CT molecular complexity index is 1060. The monoisotopic (exact) mass is 433 g/mol. The number of aromatic nitrogens is 4. The molecule has 0 aliphatic heterocycles. The Morgan fingerprint density at radius 2 is 1.80 bits per heavy atom. The van der Waals surface area contributed by atoms with E-state index in [1.165, 1.54) is 6.20 Å². The van der Waals surface area contributed by atoms with Crippen molar-refractivity contribution < 1.29 is 35.6 Å². The molecule has 160 valence electrons. The number of nitrogens with two attached hydrogens (primary N) is 1. The first kappa shape index (κ1) is 21.3. The average Bonchev–Trinajstić information content (AvgIpc) is 3.10. The topological polar surface area (TPSA) is 100.0 Å². The highest BCUT2D eigenvalue weighted by Gasteiger charge is 2.41. The van der Waals surface area contributed by atoms with Crippen LogP contribution in [0.15, 0.2) is 28.9 Å². The number of ether oxygens (including phenoxy) is 1. The predicted molar refractivity (Wildman–Crippen MR) is 91.1 cm³/mol. The molecule has 2 N–H and O–H groups in total. The highest BCUT2D eigenvalue weighted by Crippen LogP contribution is 2.40. The Kier molecular flexibility index (Phi) is 5.31. The van der Waals surface area contributed by atoms with Gasteiger partial charge in [-0.3, -0.25) is 0 Å². The van der Waals surface area contributed by atoms with Crippen molar-refractivity contribution in [3.8, 4) is 28.6 Å². The third-order valence-electron chi connectivity index (χ3n) is 3.90. The molecule has 1 atom stereocenters. The van der Waals surface area contributed by atoms with Crippen LogP contribution in [0.25, 0.3) is 22.8 Å². The largest absolute Gasteiger partial charge is 0.481 e. The van der Waals surface area contributed by atoms with E-state index in [4.69, 9.17) is 10.3 Å². The van der Waals surface area contributed by atoms with E-state index in [1.807, 2.05) is 0 Å². The molecule has 0 aliphatic carbocycles. The van der Waals surface area contributed by atoms with Crippen LogP contribution in [0.4, 0.5) is 32.2 Å². The van der Waals surface area contributed by atoms with Crippen molar-refractivity contribution in [2.24, 2.45) is 0 Å². The van der Waals surface area contributed by atoms with Crippen LogP contribution in [-0.4, -0.2) is 32.4 Å². The molecule has 0 spiro atoms. The zero-order valence-corrected chi connectivity index (χ0v) is 15.3. The van der Waals surface area contributed by atoms with Gasteiger partial charge in [-0.1, -0.05) is 5.16 Å². The zero-order valence-electron chi connectivity index (χ0n) is 15.3. The Morgan fingerprint density at radius 3 is 2.40 bits per heavy atom. The molecule has 0 saturated carbocycles. The van der Waals surface area contributed by atoms with Crippen molar-refractivity contribution in [3.05, 3.63) is 35.8 Å². The van der Waals surface area contributed by atoms with Crippen molar-refractivity contribution in [1.29, 1.82) is 0 Å². The minimum Gasteiger partial charge on any atom is -0.481 e. The zero-order chi connectivity index (χ0) is 22.3. The molecular weight excluding hydrogens is 420 g/mol. The lowest BCUT2D eigenvalue weighted by Crippen LogP contribution is -2.31. The van der Waals surface area contributed by atoms with Crippen LogP contribution < -0.4 is 10.5 Å². The molecule has 0 radical (unpaired) electrons. The number of hydrogen-bond donors (Lipinski definition) is 1. The fourth-order valence-corrected chi connectivity index (χ4v) is 2.35. The lowest BCUT2D eigenvalue weighted by atomic mass is 10.1. The Balaban J connectivity index is 1.99. The fraction of sp³-hybridized carbons (Fsp3) is 0.294. The minimum atomic E-state index is -4.99. The fourth-order valence-electron chi connectivity index (χ4n) is 2.35. The maximum absolute atomic E-state index is 13.4. The van der Waals surface area contributed by atoms with Gasteiger partial charge in [0.25, 0.3) is 5.89 Å². The highest BCUT2D eigenvalue weighted by atomic mass is 19.4. The highest BCUT2D eigenvalue weighted by molar-refractivity contribution is 5.68. The summed E-state index contributed by atoms with van der Waals surface area (Å²) in [6, 6.07) is 2.39. The van der Waals surface area contributed by atoms with Crippen LogP contribution in [0.5, 0.6) is 5.75 Å². The van der Waals surface area contributed by atoms with Crippen molar-refractivity contribution >= 4 is 5.82 Å². The molecule has 0 saturated heterocycles. The number of nitrogen functional groups attached to an aromatic ring is 1. The summed E-state index contributed by atoms with van der Waals surface area (Å²) >= 11 is 0. The summed E-state index contributed by atoms with van der Waals surface area (Å²) in [7, 11) is 0. The average molecular weight is 433 g/mol. The Labute approximate surface area is 164 Å². The van der Waals surface area contributed by atoms with Crippen molar-refractivity contribution in [2.75, 3.05) is 5.73 Å². The van der Waals surface area contributed by atoms with Crippen LogP contribution in [0.1, 0.15) is 18.3 Å². The summed E-state index contributed by atoms with van der Waals surface area (Å²) in [5, 5.41) is 3.64. The van der Waals surface area contributed by atoms with E-state index in [0.717, 1.165) is 12.1 Å². The first-order valence-electron chi connectivity index (χ1n) is 8.24. The van der Waals surface area contributed by atoms with E-state index >= 15 is 0 Å². The van der Waals surface area contributed by atoms with Gasteiger partial charge >= 0.3 is 12.4 Å². The summed E-state index contributed by atoms with van der Waals surface area (Å²) in [6.07, 6.45) is -10.9. The summed E-state index contributed by atoms with van der Waals surface area (Å²) in [4.78, 5) is 11.8. The lowest BCUT2D eigenvalue weighted by Gasteiger charge is -2.20. The van der Waals surface area contributed by atoms with Gasteiger partial charge in [0, 0.05) is 11.8 Å². The van der Waals surface area contributed by atoms with Crippen LogP contribution in [0.3, 0.4) is 0 Å². The van der Waals surface area contributed by atoms with E-state index in [-0.39, 0.29) is 28.7 Å². The SMILES string of the molecule is Cc1ncc(-c2noc(-c3ccc(O[C@H](C)C(F)(F)F)c(C(F)(F)F)c3)n2)c(N)n1. The second-order valence-electron chi connectivity index (χ2n) is 6.15. The van der Waals surface area contributed by atoms with Gasteiger partial charge in [0.05, 0.1) is 11.1 Å². The van der Waals surface area contributed by atoms with Gasteiger partial charge in [-0.25, -0.2) is 9.97 Å². The molecule has 7 nitrogen and oxygen atoms in total. The quantitative estimate of drug-likeness (QED) is 0.608. The third-order valence-corrected chi connectivity index (χ3v) is 3.90. The number of rotatable bonds is 4. The maximum atomic E-state index is 13.4. The molecule has 0 fully saturated rings. The molecule has 3 aromatic rings. The summed E-state index contributed by atoms with van der Waals surface area (Å²) in [5.41, 5.74) is 4.35. The van der Waals surface area contributed by atoms with E-state index in [2.05, 4.69) is 24.8 Å². The Hall–Kier alpha value is -3.38. The molecule has 13 heteroatoms. The number of anilines is 1. The number of alkyl halides is 6. The maximum Gasteiger partial charge on any atom is 0.425 e. The van der Waals surface area contributed by atoms with Crippen LogP contribution in [-0.2, 0) is 6.18 Å². The van der Waals surface area contributed by atoms with Crippen LogP contribution >= 0.6 is 0 Å². The second-order valence-corrected chi connectivity index (χ2v) is 6.15. The molecule has 0 amide bonds. The summed E-state index contributed by atoms with van der Waals surface area (Å²) in [5.74, 6) is -0.936. The summed E-state index contributed by atoms with van der Waals surface area (Å²) < 4.78 is 87.6. The van der Waals surface area contributed by atoms with Crippen molar-refractivity contribution in [2.45, 2.75) is 32.3 Å². The molecule has 0 aliphatic rings. The first-order chi connectivity index (χ1) is 13.9. The van der Waals surface area contributed by atoms with E-state index < -0.39 is 29.8 Å². The first-order valence-corrected chi connectivity index (χ1v) is 8.24. The van der Waals surface area contributed by atoms with Crippen LogP contribution in [0, 0.1) is 6.92 Å². The Morgan fingerprint density at radius 1 is 1.10 bits per heavy atom. The van der Waals surface area contributed by atoms with Gasteiger partial charge in [0.2, 0.25) is 5.82 Å². The van der Waals surface area contributed by atoms with E-state index in [9.17, 15) is 26.3 Å². The number of aryl methyl sites for hydroxylation is 1. The van der Waals surface area contributed by atoms with Gasteiger partial charge in [-0.15, -0.1) is 0 Å². The van der Waals surface area contributed by atoms with Crippen molar-refractivity contribution in [3.63, 3.8) is 0 Å². The van der Waals surface area contributed by atoms with E-state index in [0.29, 0.717) is 18.8 Å². The molecule has 3 rings (SSSR count). The van der Waals surface area contributed by atoms with E-state index in [1.54, 1.807) is 6.92 Å². The summed E-state index contributed by atoms with van der Waals surface area (Å²) in [6.45, 7) is 2.20. The smallest absolute Gasteiger partial charge is 0.425 e. The van der Waals surface area contributed by atoms with Gasteiger partial charge in [-0.05, 0) is 32.0 Å². The molecule has 0 bridgehead atoms. The number of hydrogen-bond acceptors (Lipinski definition) is 7. The second kappa shape index (κ2) is 7.46. The molecule has 2 heterocycles. The van der Waals surface area contributed by atoms with Gasteiger partial charge in [-0.2, -0.15) is 31.3 Å². The third kappa shape index (κ3) is 4.44. The molecule has 0 unspecified atom stereocenters.